The van der Waals surface area contributed by atoms with E-state index in [1.807, 2.05) is 58.0 Å². The van der Waals surface area contributed by atoms with Crippen LogP contribution in [-0.4, -0.2) is 50.4 Å². The Labute approximate surface area is 241 Å². The number of anilines is 1. The van der Waals surface area contributed by atoms with Gasteiger partial charge in [0.25, 0.3) is 10.0 Å². The zero-order valence-corrected chi connectivity index (χ0v) is 25.0. The van der Waals surface area contributed by atoms with Crippen molar-refractivity contribution in [1.29, 1.82) is 0 Å². The van der Waals surface area contributed by atoms with Gasteiger partial charge in [-0.25, -0.2) is 8.42 Å². The Kier molecular flexibility index (Phi) is 10.2. The number of methoxy groups -OCH3 is 1. The minimum absolute atomic E-state index is 0.0156. The molecule has 0 radical (unpaired) electrons. The first-order valence-corrected chi connectivity index (χ1v) is 14.8. The van der Waals surface area contributed by atoms with E-state index in [-0.39, 0.29) is 28.1 Å². The van der Waals surface area contributed by atoms with Crippen molar-refractivity contribution < 1.29 is 22.7 Å². The number of hydrogen-bond donors (Lipinski definition) is 1. The Morgan fingerprint density at radius 1 is 0.975 bits per heavy atom. The molecule has 0 saturated heterocycles. The van der Waals surface area contributed by atoms with Crippen molar-refractivity contribution in [2.45, 2.75) is 57.1 Å². The molecular formula is C30H36ClN3O5S. The maximum atomic E-state index is 14.1. The first-order chi connectivity index (χ1) is 18.9. The van der Waals surface area contributed by atoms with Crippen LogP contribution in [0.5, 0.6) is 5.75 Å². The third-order valence-electron chi connectivity index (χ3n) is 6.11. The van der Waals surface area contributed by atoms with Gasteiger partial charge in [-0.1, -0.05) is 67.1 Å². The lowest BCUT2D eigenvalue weighted by molar-refractivity contribution is -0.141. The first-order valence-electron chi connectivity index (χ1n) is 12.9. The fraction of sp³-hybridized carbons (Fsp3) is 0.333. The number of amides is 2. The summed E-state index contributed by atoms with van der Waals surface area (Å²) in [6.07, 6.45) is 0.334. The summed E-state index contributed by atoms with van der Waals surface area (Å²) in [6.45, 7) is 6.98. The SMILES string of the molecule is CC[C@H](C(=O)NC(C)(C)C)N(Cc1ccccc1)C(=O)CN(c1ccc(OC)c(Cl)c1)S(=O)(=O)c1ccccc1. The molecule has 0 fully saturated rings. The molecule has 1 N–H and O–H groups in total. The smallest absolute Gasteiger partial charge is 0.264 e. The van der Waals surface area contributed by atoms with E-state index in [9.17, 15) is 18.0 Å². The van der Waals surface area contributed by atoms with E-state index < -0.39 is 34.1 Å². The third kappa shape index (κ3) is 7.76. The molecule has 0 aromatic heterocycles. The highest BCUT2D eigenvalue weighted by atomic mass is 35.5. The van der Waals surface area contributed by atoms with Gasteiger partial charge in [-0.15, -0.1) is 0 Å². The number of nitrogens with zero attached hydrogens (tertiary/aromatic N) is 2. The van der Waals surface area contributed by atoms with Gasteiger partial charge in [0, 0.05) is 12.1 Å². The van der Waals surface area contributed by atoms with Gasteiger partial charge < -0.3 is 15.0 Å². The predicted molar refractivity (Wildman–Crippen MR) is 158 cm³/mol. The van der Waals surface area contributed by atoms with Crippen molar-refractivity contribution >= 4 is 39.1 Å². The Morgan fingerprint density at radius 3 is 2.10 bits per heavy atom. The quantitative estimate of drug-likeness (QED) is 0.331. The number of sulfonamides is 1. The molecule has 0 unspecified atom stereocenters. The molecule has 40 heavy (non-hydrogen) atoms. The van der Waals surface area contributed by atoms with Crippen LogP contribution < -0.4 is 14.4 Å². The summed E-state index contributed by atoms with van der Waals surface area (Å²) in [5.41, 5.74) is 0.478. The maximum Gasteiger partial charge on any atom is 0.264 e. The lowest BCUT2D eigenvalue weighted by Crippen LogP contribution is -2.55. The number of carbonyl (C=O) groups excluding carboxylic acids is 2. The van der Waals surface area contributed by atoms with Crippen LogP contribution in [0.1, 0.15) is 39.7 Å². The fourth-order valence-electron chi connectivity index (χ4n) is 4.21. The molecule has 0 bridgehead atoms. The van der Waals surface area contributed by atoms with Crippen molar-refractivity contribution in [3.8, 4) is 5.75 Å². The van der Waals surface area contributed by atoms with Crippen molar-refractivity contribution in [2.24, 2.45) is 0 Å². The molecule has 0 saturated carbocycles. The summed E-state index contributed by atoms with van der Waals surface area (Å²) in [7, 11) is -2.73. The van der Waals surface area contributed by atoms with E-state index in [4.69, 9.17) is 16.3 Å². The van der Waals surface area contributed by atoms with Gasteiger partial charge in [0.05, 0.1) is 22.7 Å². The lowest BCUT2D eigenvalue weighted by atomic mass is 10.1. The zero-order chi connectivity index (χ0) is 29.5. The predicted octanol–water partition coefficient (Wildman–Crippen LogP) is 5.27. The Hall–Kier alpha value is -3.56. The normalized spacial score (nSPS) is 12.3. The van der Waals surface area contributed by atoms with Crippen molar-refractivity contribution in [1.82, 2.24) is 10.2 Å². The topological polar surface area (TPSA) is 96.0 Å². The van der Waals surface area contributed by atoms with Crippen LogP contribution in [0.2, 0.25) is 5.02 Å². The van der Waals surface area contributed by atoms with Gasteiger partial charge in [-0.2, -0.15) is 0 Å². The van der Waals surface area contributed by atoms with E-state index in [0.29, 0.717) is 12.2 Å². The molecule has 0 aliphatic heterocycles. The number of halogens is 1. The van der Waals surface area contributed by atoms with Crippen LogP contribution >= 0.6 is 11.6 Å². The number of rotatable bonds is 11. The second-order valence-corrected chi connectivity index (χ2v) is 12.6. The van der Waals surface area contributed by atoms with Crippen molar-refractivity contribution in [3.05, 3.63) is 89.4 Å². The minimum atomic E-state index is -4.19. The van der Waals surface area contributed by atoms with Gasteiger partial charge in [0.2, 0.25) is 11.8 Å². The summed E-state index contributed by atoms with van der Waals surface area (Å²) in [5.74, 6) is -0.486. The summed E-state index contributed by atoms with van der Waals surface area (Å²) in [6, 6.07) is 20.8. The van der Waals surface area contributed by atoms with Crippen LogP contribution in [0.25, 0.3) is 0 Å². The highest BCUT2D eigenvalue weighted by molar-refractivity contribution is 7.92. The number of hydrogen-bond acceptors (Lipinski definition) is 5. The number of ether oxygens (including phenoxy) is 1. The Morgan fingerprint density at radius 2 is 1.57 bits per heavy atom. The average molecular weight is 586 g/mol. The van der Waals surface area contributed by atoms with E-state index in [2.05, 4.69) is 5.32 Å². The average Bonchev–Trinajstić information content (AvgIpc) is 2.91. The van der Waals surface area contributed by atoms with Crippen LogP contribution in [-0.2, 0) is 26.2 Å². The molecule has 10 heteroatoms. The summed E-state index contributed by atoms with van der Waals surface area (Å²) >= 11 is 6.36. The summed E-state index contributed by atoms with van der Waals surface area (Å²) in [4.78, 5) is 28.9. The first kappa shape index (κ1) is 31.0. The third-order valence-corrected chi connectivity index (χ3v) is 8.20. The number of carbonyl (C=O) groups is 2. The molecule has 0 aliphatic carbocycles. The van der Waals surface area contributed by atoms with Gasteiger partial charge in [0.1, 0.15) is 18.3 Å². The number of nitrogens with one attached hydrogen (secondary N) is 1. The van der Waals surface area contributed by atoms with E-state index in [1.54, 1.807) is 24.3 Å². The van der Waals surface area contributed by atoms with Gasteiger partial charge in [-0.05, 0) is 63.1 Å². The summed E-state index contributed by atoms with van der Waals surface area (Å²) in [5, 5.41) is 3.15. The molecule has 8 nitrogen and oxygen atoms in total. The molecule has 3 rings (SSSR count). The molecule has 0 heterocycles. The lowest BCUT2D eigenvalue weighted by Gasteiger charge is -2.34. The highest BCUT2D eigenvalue weighted by Crippen LogP contribution is 2.32. The standard InChI is InChI=1S/C30H36ClN3O5S/c1-6-26(29(36)32-30(2,3)4)33(20-22-13-9-7-10-14-22)28(35)21-34(23-17-18-27(39-5)25(31)19-23)40(37,38)24-15-11-8-12-16-24/h7-19,26H,6,20-21H2,1-5H3,(H,32,36)/t26-/m1/s1. The van der Waals surface area contributed by atoms with Crippen LogP contribution in [0, 0.1) is 0 Å². The Bertz CT molecular complexity index is 1410. The van der Waals surface area contributed by atoms with Crippen molar-refractivity contribution in [2.75, 3.05) is 18.0 Å². The second-order valence-electron chi connectivity index (χ2n) is 10.3. The Balaban J connectivity index is 2.08. The molecule has 2 amide bonds. The van der Waals surface area contributed by atoms with Gasteiger partial charge in [-0.3, -0.25) is 13.9 Å². The van der Waals surface area contributed by atoms with E-state index in [0.717, 1.165) is 9.87 Å². The molecule has 3 aromatic carbocycles. The fourth-order valence-corrected chi connectivity index (χ4v) is 5.89. The molecule has 0 spiro atoms. The van der Waals surface area contributed by atoms with Gasteiger partial charge in [0.15, 0.2) is 0 Å². The van der Waals surface area contributed by atoms with Crippen LogP contribution in [0.4, 0.5) is 5.69 Å². The largest absolute Gasteiger partial charge is 0.495 e. The second kappa shape index (κ2) is 13.2. The molecule has 1 atom stereocenters. The van der Waals surface area contributed by atoms with Crippen molar-refractivity contribution in [3.63, 3.8) is 0 Å². The molecule has 3 aromatic rings. The number of benzene rings is 3. The molecular weight excluding hydrogens is 550 g/mol. The van der Waals surface area contributed by atoms with E-state index >= 15 is 0 Å². The summed E-state index contributed by atoms with van der Waals surface area (Å²) < 4.78 is 34.0. The van der Waals surface area contributed by atoms with Crippen LogP contribution in [0.3, 0.4) is 0 Å². The van der Waals surface area contributed by atoms with Crippen LogP contribution in [0.15, 0.2) is 83.8 Å². The minimum Gasteiger partial charge on any atom is -0.495 e. The monoisotopic (exact) mass is 585 g/mol. The maximum absolute atomic E-state index is 14.1. The van der Waals surface area contributed by atoms with Gasteiger partial charge >= 0.3 is 0 Å². The van der Waals surface area contributed by atoms with E-state index in [1.165, 1.54) is 36.3 Å². The molecule has 214 valence electrons. The zero-order valence-electron chi connectivity index (χ0n) is 23.4. The molecule has 0 aliphatic rings. The highest BCUT2D eigenvalue weighted by Gasteiger charge is 2.34.